The van der Waals surface area contributed by atoms with Gasteiger partial charge in [-0.1, -0.05) is 0 Å². The summed E-state index contributed by atoms with van der Waals surface area (Å²) in [6.45, 7) is 9.16. The van der Waals surface area contributed by atoms with Crippen molar-refractivity contribution in [1.82, 2.24) is 0 Å². The number of hydrogen-bond acceptors (Lipinski definition) is 0. The maximum atomic E-state index is 2.41. The van der Waals surface area contributed by atoms with Gasteiger partial charge in [-0.2, -0.15) is 0 Å². The van der Waals surface area contributed by atoms with Gasteiger partial charge in [0.05, 0.1) is 0 Å². The monoisotopic (exact) mass is 418 g/mol. The van der Waals surface area contributed by atoms with Crippen molar-refractivity contribution in [2.24, 2.45) is 0 Å². The molecule has 2 aromatic rings. The summed E-state index contributed by atoms with van der Waals surface area (Å²) in [6.07, 6.45) is 8.15. The quantitative estimate of drug-likeness (QED) is 0.605. The summed E-state index contributed by atoms with van der Waals surface area (Å²) in [4.78, 5) is 0. The molecule has 0 bridgehead atoms. The molecule has 0 aromatic heterocycles. The van der Waals surface area contributed by atoms with Crippen LogP contribution in [0.25, 0.3) is 11.1 Å². The summed E-state index contributed by atoms with van der Waals surface area (Å²) < 4.78 is 4.02. The van der Waals surface area contributed by atoms with E-state index >= 15 is 0 Å². The van der Waals surface area contributed by atoms with E-state index in [0.717, 1.165) is 0 Å². The number of benzene rings is 2. The average molecular weight is 419 g/mol. The van der Waals surface area contributed by atoms with Crippen LogP contribution >= 0.6 is 0 Å². The fraction of sp³-hybridized carbons (Fsp3) is 0.261. The number of fused-ring (bicyclic) bond motifs is 3. The molecule has 2 aromatic carbocycles. The number of rotatable bonds is 2. The third kappa shape index (κ3) is 3.58. The number of hydrogen-bond donors (Lipinski definition) is 0. The molecule has 4 rings (SSSR count). The first-order valence-electron chi connectivity index (χ1n) is 8.81. The van der Waals surface area contributed by atoms with E-state index in [9.17, 15) is 0 Å². The minimum atomic E-state index is -1.54. The van der Waals surface area contributed by atoms with E-state index in [-0.39, 0.29) is 24.8 Å². The van der Waals surface area contributed by atoms with Gasteiger partial charge in [-0.3, -0.25) is 0 Å². The molecule has 0 heterocycles. The smallest absolute Gasteiger partial charge is 1.00 e. The van der Waals surface area contributed by atoms with Crippen molar-refractivity contribution in [3.05, 3.63) is 80.8 Å². The van der Waals surface area contributed by atoms with Gasteiger partial charge in [0.1, 0.15) is 0 Å². The second-order valence-corrected chi connectivity index (χ2v) is 12.1. The second kappa shape index (κ2) is 8.40. The zero-order valence-electron chi connectivity index (χ0n) is 15.7. The summed E-state index contributed by atoms with van der Waals surface area (Å²) >= 11 is -1.54. The molecule has 0 fully saturated rings. The molecule has 0 N–H and O–H groups in total. The molecule has 134 valence electrons. The Labute approximate surface area is 175 Å². The molecule has 3 heteroatoms. The molecule has 0 amide bonds. The van der Waals surface area contributed by atoms with Crippen molar-refractivity contribution in [2.45, 2.75) is 38.3 Å². The van der Waals surface area contributed by atoms with Gasteiger partial charge in [-0.25, -0.2) is 0 Å². The van der Waals surface area contributed by atoms with Gasteiger partial charge in [-0.05, 0) is 0 Å². The summed E-state index contributed by atoms with van der Waals surface area (Å²) in [5.41, 5.74) is 8.84. The molecule has 0 radical (unpaired) electrons. The van der Waals surface area contributed by atoms with Crippen molar-refractivity contribution in [1.29, 1.82) is 0 Å². The molecule has 2 aliphatic rings. The van der Waals surface area contributed by atoms with Crippen LogP contribution in [0.15, 0.2) is 58.5 Å². The van der Waals surface area contributed by atoms with Gasteiger partial charge < -0.3 is 24.8 Å². The number of allylic oxidation sites excluding steroid dienone is 4. The van der Waals surface area contributed by atoms with Gasteiger partial charge in [0, 0.05) is 0 Å². The fourth-order valence-electron chi connectivity index (χ4n) is 4.23. The zero-order valence-corrected chi connectivity index (χ0v) is 18.8. The third-order valence-electron chi connectivity index (χ3n) is 5.27. The molecule has 26 heavy (non-hydrogen) atoms. The standard InChI is InChI=1S/C15H13.C5H5.C3H6.2ClH.Ti/c1-10-3-5-12-9-13-6-4-11(2)8-15(13)14(12)7-10;1-2-4-5-3-1;1-3-2;;;/h3-9H,1-2H3;1-3H,4H2;1-2H3;2*1H;/q;;;;;+2/p-2. The minimum absolute atomic E-state index is 0. The Bertz CT molecular complexity index is 880. The van der Waals surface area contributed by atoms with Crippen LogP contribution in [-0.2, 0) is 17.4 Å². The van der Waals surface area contributed by atoms with Crippen molar-refractivity contribution in [2.75, 3.05) is 0 Å². The minimum Gasteiger partial charge on any atom is -1.00 e. The normalized spacial score (nSPS) is 13.7. The molecule has 0 saturated carbocycles. The van der Waals surface area contributed by atoms with Crippen LogP contribution in [0.1, 0.15) is 46.7 Å². The van der Waals surface area contributed by atoms with E-state index in [4.69, 9.17) is 0 Å². The molecule has 0 saturated heterocycles. The van der Waals surface area contributed by atoms with Crippen molar-refractivity contribution < 1.29 is 42.2 Å². The van der Waals surface area contributed by atoms with Crippen LogP contribution in [0.5, 0.6) is 0 Å². The van der Waals surface area contributed by atoms with E-state index in [1.807, 2.05) is 0 Å². The van der Waals surface area contributed by atoms with Crippen molar-refractivity contribution in [3.8, 4) is 11.1 Å². The third-order valence-corrected chi connectivity index (χ3v) is 10.5. The van der Waals surface area contributed by atoms with Gasteiger partial charge in [0.2, 0.25) is 0 Å². The Balaban J connectivity index is 0.00000121. The van der Waals surface area contributed by atoms with Gasteiger partial charge in [-0.15, -0.1) is 0 Å². The Morgan fingerprint density at radius 1 is 0.885 bits per heavy atom. The van der Waals surface area contributed by atoms with Crippen molar-refractivity contribution >= 4 is 3.81 Å². The zero-order chi connectivity index (χ0) is 16.8. The first kappa shape index (κ1) is 21.4. The topological polar surface area (TPSA) is 0 Å². The van der Waals surface area contributed by atoms with Crippen LogP contribution < -0.4 is 24.8 Å². The Kier molecular flexibility index (Phi) is 6.91. The van der Waals surface area contributed by atoms with Crippen molar-refractivity contribution in [3.63, 3.8) is 0 Å². The summed E-state index contributed by atoms with van der Waals surface area (Å²) in [5, 5.41) is 0. The Morgan fingerprint density at radius 3 is 1.85 bits per heavy atom. The molecule has 0 atom stereocenters. The largest absolute Gasteiger partial charge is 1.00 e. The molecule has 2 aliphatic carbocycles. The van der Waals surface area contributed by atoms with E-state index < -0.39 is 17.4 Å². The SMILES string of the molecule is C[C](C)=[Ti+2]([C]1=CC=CC1)[CH]1c2ccc(C)cc2-c2cc(C)ccc21.[Cl-].[Cl-]. The number of halogens is 2. The van der Waals surface area contributed by atoms with Crippen LogP contribution in [0.4, 0.5) is 0 Å². The predicted molar refractivity (Wildman–Crippen MR) is 101 cm³/mol. The molecule has 0 unspecified atom stereocenters. The molecule has 0 nitrogen and oxygen atoms in total. The Morgan fingerprint density at radius 2 is 1.42 bits per heavy atom. The first-order chi connectivity index (χ1) is 11.6. The fourth-order valence-corrected chi connectivity index (χ4v) is 9.43. The molecule has 0 spiro atoms. The van der Waals surface area contributed by atoms with Crippen LogP contribution in [0, 0.1) is 13.8 Å². The van der Waals surface area contributed by atoms with Gasteiger partial charge >= 0.3 is 151 Å². The predicted octanol–water partition coefficient (Wildman–Crippen LogP) is 0.0554. The summed E-state index contributed by atoms with van der Waals surface area (Å²) in [7, 11) is 0. The molecular weight excluding hydrogens is 395 g/mol. The second-order valence-electron chi connectivity index (χ2n) is 7.35. The number of aryl methyl sites for hydroxylation is 2. The van der Waals surface area contributed by atoms with Crippen LogP contribution in [0.2, 0.25) is 0 Å². The van der Waals surface area contributed by atoms with Crippen LogP contribution in [0.3, 0.4) is 0 Å². The summed E-state index contributed by atoms with van der Waals surface area (Å²) in [6, 6.07) is 14.2. The van der Waals surface area contributed by atoms with Gasteiger partial charge in [0.15, 0.2) is 0 Å². The molecule has 0 aliphatic heterocycles. The molecular formula is C23H24Cl2Ti. The maximum Gasteiger partial charge on any atom is -1.00 e. The van der Waals surface area contributed by atoms with E-state index in [0.29, 0.717) is 4.22 Å². The summed E-state index contributed by atoms with van der Waals surface area (Å²) in [5.74, 6) is 0. The first-order valence-corrected chi connectivity index (χ1v) is 11.3. The average Bonchev–Trinajstić information content (AvgIpc) is 3.15. The maximum absolute atomic E-state index is 2.41. The van der Waals surface area contributed by atoms with E-state index in [1.165, 1.54) is 28.7 Å². The van der Waals surface area contributed by atoms with Crippen LogP contribution in [-0.4, -0.2) is 3.81 Å². The van der Waals surface area contributed by atoms with E-state index in [1.54, 1.807) is 18.8 Å². The van der Waals surface area contributed by atoms with Gasteiger partial charge in [0.25, 0.3) is 0 Å². The van der Waals surface area contributed by atoms with E-state index in [2.05, 4.69) is 82.3 Å². The Hall–Kier alpha value is -0.916.